The number of fused-ring (bicyclic) bond motifs is 3. The summed E-state index contributed by atoms with van der Waals surface area (Å²) in [6, 6.07) is 20.1. The highest BCUT2D eigenvalue weighted by Gasteiger charge is 2.16. The molecule has 0 spiro atoms. The summed E-state index contributed by atoms with van der Waals surface area (Å²) in [5, 5.41) is 13.4. The number of rotatable bonds is 4. The fraction of sp³-hybridized carbons (Fsp3) is 0.0870. The Kier molecular flexibility index (Phi) is 4.56. The minimum atomic E-state index is -0.334. The SMILES string of the molecule is Cc1ccc(CNc2nc3c(-c4cccc(F)c4)nnn3c3ccc(Cl)cc23)cc1. The highest BCUT2D eigenvalue weighted by atomic mass is 35.5. The van der Waals surface area contributed by atoms with Gasteiger partial charge in [-0.05, 0) is 42.8 Å². The zero-order valence-electron chi connectivity index (χ0n) is 16.1. The first-order valence-electron chi connectivity index (χ1n) is 9.48. The largest absolute Gasteiger partial charge is 0.365 e. The van der Waals surface area contributed by atoms with Crippen LogP contribution in [0.4, 0.5) is 10.2 Å². The molecule has 5 aromatic rings. The Morgan fingerprint density at radius 1 is 1.03 bits per heavy atom. The molecule has 5 rings (SSSR count). The summed E-state index contributed by atoms with van der Waals surface area (Å²) >= 11 is 6.25. The maximum atomic E-state index is 13.8. The van der Waals surface area contributed by atoms with Crippen LogP contribution >= 0.6 is 11.6 Å². The molecule has 0 bridgehead atoms. The molecule has 3 aromatic carbocycles. The number of benzene rings is 3. The molecular formula is C23H17ClFN5. The van der Waals surface area contributed by atoms with Crippen LogP contribution in [0.5, 0.6) is 0 Å². The third-order valence-electron chi connectivity index (χ3n) is 4.98. The van der Waals surface area contributed by atoms with Gasteiger partial charge in [-0.15, -0.1) is 5.10 Å². The maximum absolute atomic E-state index is 13.8. The number of nitrogens with zero attached hydrogens (tertiary/aromatic N) is 4. The fourth-order valence-electron chi connectivity index (χ4n) is 3.44. The summed E-state index contributed by atoms with van der Waals surface area (Å²) in [6.07, 6.45) is 0. The van der Waals surface area contributed by atoms with Gasteiger partial charge in [0.15, 0.2) is 5.65 Å². The Hall–Kier alpha value is -3.51. The van der Waals surface area contributed by atoms with Gasteiger partial charge in [0.1, 0.15) is 17.3 Å². The summed E-state index contributed by atoms with van der Waals surface area (Å²) in [5.41, 5.74) is 4.84. The summed E-state index contributed by atoms with van der Waals surface area (Å²) < 4.78 is 15.4. The molecule has 30 heavy (non-hydrogen) atoms. The van der Waals surface area contributed by atoms with Crippen molar-refractivity contribution in [3.05, 3.63) is 88.7 Å². The normalized spacial score (nSPS) is 11.3. The van der Waals surface area contributed by atoms with E-state index in [1.165, 1.54) is 17.7 Å². The summed E-state index contributed by atoms with van der Waals surface area (Å²) in [7, 11) is 0. The zero-order valence-corrected chi connectivity index (χ0v) is 16.9. The second kappa shape index (κ2) is 7.39. The molecule has 0 aliphatic rings. The van der Waals surface area contributed by atoms with Gasteiger partial charge in [-0.3, -0.25) is 0 Å². The first-order chi connectivity index (χ1) is 14.6. The lowest BCUT2D eigenvalue weighted by Gasteiger charge is -2.11. The minimum absolute atomic E-state index is 0.334. The Labute approximate surface area is 177 Å². The predicted octanol–water partition coefficient (Wildman–Crippen LogP) is 5.66. The van der Waals surface area contributed by atoms with Crippen LogP contribution in [0.3, 0.4) is 0 Å². The molecule has 0 saturated heterocycles. The van der Waals surface area contributed by atoms with Crippen molar-refractivity contribution >= 4 is 34.0 Å². The monoisotopic (exact) mass is 417 g/mol. The Morgan fingerprint density at radius 2 is 1.87 bits per heavy atom. The molecule has 0 saturated carbocycles. The molecule has 2 heterocycles. The standard InChI is InChI=1S/C23H17ClFN5/c1-14-5-7-15(8-6-14)13-26-22-19-12-17(24)9-10-20(19)30-23(27-22)21(28-29-30)16-3-2-4-18(25)11-16/h2-12H,13H2,1H3,(H,26,27). The van der Waals surface area contributed by atoms with E-state index in [0.29, 0.717) is 34.3 Å². The van der Waals surface area contributed by atoms with Gasteiger partial charge in [0.25, 0.3) is 0 Å². The molecule has 5 nitrogen and oxygen atoms in total. The fourth-order valence-corrected chi connectivity index (χ4v) is 3.61. The topological polar surface area (TPSA) is 55.1 Å². The van der Waals surface area contributed by atoms with E-state index >= 15 is 0 Å². The molecule has 0 radical (unpaired) electrons. The van der Waals surface area contributed by atoms with E-state index < -0.39 is 0 Å². The van der Waals surface area contributed by atoms with Crippen molar-refractivity contribution in [1.29, 1.82) is 0 Å². The lowest BCUT2D eigenvalue weighted by atomic mass is 10.1. The summed E-state index contributed by atoms with van der Waals surface area (Å²) in [5.74, 6) is 0.333. The van der Waals surface area contributed by atoms with Gasteiger partial charge in [0, 0.05) is 22.5 Å². The van der Waals surface area contributed by atoms with E-state index in [1.54, 1.807) is 22.7 Å². The van der Waals surface area contributed by atoms with Crippen molar-refractivity contribution in [2.75, 3.05) is 5.32 Å². The number of nitrogens with one attached hydrogen (secondary N) is 1. The first-order valence-corrected chi connectivity index (χ1v) is 9.86. The Morgan fingerprint density at radius 3 is 2.67 bits per heavy atom. The summed E-state index contributed by atoms with van der Waals surface area (Å²) in [4.78, 5) is 4.79. The molecule has 0 aliphatic heterocycles. The van der Waals surface area contributed by atoms with E-state index in [4.69, 9.17) is 16.6 Å². The van der Waals surface area contributed by atoms with Crippen LogP contribution < -0.4 is 5.32 Å². The van der Waals surface area contributed by atoms with E-state index in [-0.39, 0.29) is 5.82 Å². The molecular weight excluding hydrogens is 401 g/mol. The quantitative estimate of drug-likeness (QED) is 0.410. The lowest BCUT2D eigenvalue weighted by Crippen LogP contribution is -2.05. The van der Waals surface area contributed by atoms with Crippen molar-refractivity contribution in [2.45, 2.75) is 13.5 Å². The molecule has 0 atom stereocenters. The average molecular weight is 418 g/mol. The highest BCUT2D eigenvalue weighted by molar-refractivity contribution is 6.31. The number of halogens is 2. The van der Waals surface area contributed by atoms with Crippen molar-refractivity contribution in [1.82, 2.24) is 19.8 Å². The Balaban J connectivity index is 1.66. The number of hydrogen-bond acceptors (Lipinski definition) is 4. The van der Waals surface area contributed by atoms with Crippen molar-refractivity contribution in [2.24, 2.45) is 0 Å². The smallest absolute Gasteiger partial charge is 0.186 e. The molecule has 0 unspecified atom stereocenters. The molecule has 148 valence electrons. The molecule has 0 amide bonds. The highest BCUT2D eigenvalue weighted by Crippen LogP contribution is 2.30. The number of aryl methyl sites for hydroxylation is 1. The van der Waals surface area contributed by atoms with Crippen LogP contribution in [0, 0.1) is 12.7 Å². The summed E-state index contributed by atoms with van der Waals surface area (Å²) in [6.45, 7) is 2.66. The third kappa shape index (κ3) is 3.35. The van der Waals surface area contributed by atoms with Crippen LogP contribution in [0.1, 0.15) is 11.1 Å². The van der Waals surface area contributed by atoms with Crippen molar-refractivity contribution in [3.8, 4) is 11.3 Å². The number of hydrogen-bond donors (Lipinski definition) is 1. The van der Waals surface area contributed by atoms with Crippen LogP contribution in [-0.4, -0.2) is 19.8 Å². The zero-order chi connectivity index (χ0) is 20.7. The molecule has 0 fully saturated rings. The van der Waals surface area contributed by atoms with Gasteiger partial charge in [-0.2, -0.15) is 4.52 Å². The minimum Gasteiger partial charge on any atom is -0.365 e. The average Bonchev–Trinajstić information content (AvgIpc) is 3.17. The van der Waals surface area contributed by atoms with Crippen LogP contribution in [0.2, 0.25) is 5.02 Å². The van der Waals surface area contributed by atoms with Crippen molar-refractivity contribution in [3.63, 3.8) is 0 Å². The molecule has 0 aliphatic carbocycles. The van der Waals surface area contributed by atoms with Gasteiger partial charge in [-0.1, -0.05) is 58.8 Å². The third-order valence-corrected chi connectivity index (χ3v) is 5.22. The lowest BCUT2D eigenvalue weighted by molar-refractivity contribution is 0.628. The molecule has 2 aromatic heterocycles. The first kappa shape index (κ1) is 18.5. The van der Waals surface area contributed by atoms with Gasteiger partial charge < -0.3 is 5.32 Å². The second-order valence-electron chi connectivity index (χ2n) is 7.14. The maximum Gasteiger partial charge on any atom is 0.186 e. The van der Waals surface area contributed by atoms with Crippen molar-refractivity contribution < 1.29 is 4.39 Å². The van der Waals surface area contributed by atoms with E-state index in [1.807, 2.05) is 12.1 Å². The van der Waals surface area contributed by atoms with Gasteiger partial charge >= 0.3 is 0 Å². The molecule has 7 heteroatoms. The van der Waals surface area contributed by atoms with Gasteiger partial charge in [0.05, 0.1) is 5.52 Å². The van der Waals surface area contributed by atoms with E-state index in [0.717, 1.165) is 16.5 Å². The number of anilines is 1. The predicted molar refractivity (Wildman–Crippen MR) is 117 cm³/mol. The van der Waals surface area contributed by atoms with Gasteiger partial charge in [0.2, 0.25) is 0 Å². The van der Waals surface area contributed by atoms with Crippen LogP contribution in [-0.2, 0) is 6.54 Å². The van der Waals surface area contributed by atoms with E-state index in [2.05, 4.69) is 46.8 Å². The van der Waals surface area contributed by atoms with Gasteiger partial charge in [-0.25, -0.2) is 9.37 Å². The number of aromatic nitrogens is 4. The second-order valence-corrected chi connectivity index (χ2v) is 7.58. The Bertz CT molecular complexity index is 1380. The molecule has 1 N–H and O–H groups in total. The van der Waals surface area contributed by atoms with Crippen LogP contribution in [0.25, 0.3) is 27.8 Å². The van der Waals surface area contributed by atoms with E-state index in [9.17, 15) is 4.39 Å². The van der Waals surface area contributed by atoms with Crippen LogP contribution in [0.15, 0.2) is 66.7 Å².